The summed E-state index contributed by atoms with van der Waals surface area (Å²) >= 11 is 0. The Kier molecular flexibility index (Phi) is 4.40. The van der Waals surface area contributed by atoms with E-state index in [1.165, 1.54) is 6.42 Å². The van der Waals surface area contributed by atoms with Crippen LogP contribution in [0.5, 0.6) is 5.75 Å². The Bertz CT molecular complexity index is 446. The molecule has 1 saturated heterocycles. The van der Waals surface area contributed by atoms with E-state index in [0.717, 1.165) is 19.4 Å². The van der Waals surface area contributed by atoms with E-state index in [0.29, 0.717) is 17.4 Å². The molecule has 1 amide bonds. The largest absolute Gasteiger partial charge is 0.489 e. The number of amides is 1. The third-order valence-corrected chi connectivity index (χ3v) is 3.40. The number of hydrogen-bond acceptors (Lipinski definition) is 3. The number of aromatic nitrogens is 1. The van der Waals surface area contributed by atoms with Gasteiger partial charge in [0.1, 0.15) is 5.75 Å². The molecule has 1 aliphatic rings. The van der Waals surface area contributed by atoms with Crippen molar-refractivity contribution in [3.8, 4) is 5.75 Å². The first-order valence-electron chi connectivity index (χ1n) is 7.00. The van der Waals surface area contributed by atoms with E-state index in [-0.39, 0.29) is 12.0 Å². The first-order valence-corrected chi connectivity index (χ1v) is 7.00. The minimum atomic E-state index is 0.0638. The Labute approximate surface area is 114 Å². The quantitative estimate of drug-likeness (QED) is 0.841. The Morgan fingerprint density at radius 2 is 2.21 bits per heavy atom. The number of carbonyl (C=O) groups is 1. The molecule has 19 heavy (non-hydrogen) atoms. The van der Waals surface area contributed by atoms with Crippen molar-refractivity contribution < 1.29 is 9.53 Å². The lowest BCUT2D eigenvalue weighted by Gasteiger charge is -2.33. The van der Waals surface area contributed by atoms with Crippen LogP contribution in [0.3, 0.4) is 0 Å². The Balaban J connectivity index is 2.14. The lowest BCUT2D eigenvalue weighted by Crippen LogP contribution is -2.42. The molecule has 0 aliphatic carbocycles. The summed E-state index contributed by atoms with van der Waals surface area (Å²) in [6.07, 6.45) is 6.74. The van der Waals surface area contributed by atoms with Crippen molar-refractivity contribution in [2.75, 3.05) is 6.54 Å². The fourth-order valence-electron chi connectivity index (χ4n) is 2.44. The van der Waals surface area contributed by atoms with Crippen LogP contribution in [0.2, 0.25) is 0 Å². The zero-order valence-corrected chi connectivity index (χ0v) is 11.9. The second-order valence-electron chi connectivity index (χ2n) is 5.42. The molecule has 0 bridgehead atoms. The first-order chi connectivity index (χ1) is 9.08. The maximum absolute atomic E-state index is 12.5. The van der Waals surface area contributed by atoms with Gasteiger partial charge in [-0.15, -0.1) is 0 Å². The fraction of sp³-hybridized carbons (Fsp3) is 0.600. The smallest absolute Gasteiger partial charge is 0.255 e. The minimum Gasteiger partial charge on any atom is -0.489 e. The van der Waals surface area contributed by atoms with Crippen LogP contribution in [-0.4, -0.2) is 34.5 Å². The highest BCUT2D eigenvalue weighted by Gasteiger charge is 2.24. The molecular formula is C15H22N2O2. The van der Waals surface area contributed by atoms with Gasteiger partial charge in [-0.25, -0.2) is 0 Å². The minimum absolute atomic E-state index is 0.0638. The van der Waals surface area contributed by atoms with Crippen LogP contribution in [0.15, 0.2) is 18.5 Å². The number of likely N-dealkylation sites (tertiary alicyclic amines) is 1. The summed E-state index contributed by atoms with van der Waals surface area (Å²) in [4.78, 5) is 18.5. The second-order valence-corrected chi connectivity index (χ2v) is 5.42. The Morgan fingerprint density at radius 1 is 1.42 bits per heavy atom. The van der Waals surface area contributed by atoms with Crippen molar-refractivity contribution in [3.63, 3.8) is 0 Å². The maximum atomic E-state index is 12.5. The van der Waals surface area contributed by atoms with Gasteiger partial charge in [0.2, 0.25) is 0 Å². The summed E-state index contributed by atoms with van der Waals surface area (Å²) in [7, 11) is 0. The maximum Gasteiger partial charge on any atom is 0.255 e. The third kappa shape index (κ3) is 3.46. The van der Waals surface area contributed by atoms with Crippen molar-refractivity contribution in [1.82, 2.24) is 9.88 Å². The van der Waals surface area contributed by atoms with Gasteiger partial charge in [0.05, 0.1) is 17.9 Å². The van der Waals surface area contributed by atoms with Gasteiger partial charge in [0, 0.05) is 18.8 Å². The van der Waals surface area contributed by atoms with Crippen molar-refractivity contribution in [1.29, 1.82) is 0 Å². The third-order valence-electron chi connectivity index (χ3n) is 3.40. The van der Waals surface area contributed by atoms with E-state index in [1.54, 1.807) is 18.5 Å². The van der Waals surface area contributed by atoms with E-state index < -0.39 is 0 Å². The number of nitrogens with zero attached hydrogens (tertiary/aromatic N) is 2. The van der Waals surface area contributed by atoms with Crippen molar-refractivity contribution in [3.05, 3.63) is 24.0 Å². The molecule has 1 aliphatic heterocycles. The molecule has 0 saturated carbocycles. The molecule has 0 N–H and O–H groups in total. The molecule has 0 radical (unpaired) electrons. The molecule has 2 rings (SSSR count). The van der Waals surface area contributed by atoms with Gasteiger partial charge in [0.25, 0.3) is 5.91 Å². The number of piperidine rings is 1. The molecule has 0 unspecified atom stereocenters. The normalized spacial score (nSPS) is 19.6. The lowest BCUT2D eigenvalue weighted by molar-refractivity contribution is 0.0634. The predicted octanol–water partition coefficient (Wildman–Crippen LogP) is 2.88. The van der Waals surface area contributed by atoms with Gasteiger partial charge in [-0.05, 0) is 46.1 Å². The predicted molar refractivity (Wildman–Crippen MR) is 74.4 cm³/mol. The molecule has 2 heterocycles. The second kappa shape index (κ2) is 6.04. The summed E-state index contributed by atoms with van der Waals surface area (Å²) in [5.41, 5.74) is 0.618. The van der Waals surface area contributed by atoms with Gasteiger partial charge in [-0.1, -0.05) is 0 Å². The van der Waals surface area contributed by atoms with Crippen LogP contribution >= 0.6 is 0 Å². The highest BCUT2D eigenvalue weighted by Crippen LogP contribution is 2.21. The van der Waals surface area contributed by atoms with Crippen molar-refractivity contribution in [2.24, 2.45) is 0 Å². The molecule has 4 heteroatoms. The number of pyridine rings is 1. The van der Waals surface area contributed by atoms with Crippen LogP contribution < -0.4 is 4.74 Å². The van der Waals surface area contributed by atoms with Crippen LogP contribution in [0.1, 0.15) is 50.4 Å². The topological polar surface area (TPSA) is 42.4 Å². The van der Waals surface area contributed by atoms with E-state index >= 15 is 0 Å². The average Bonchev–Trinajstić information content (AvgIpc) is 2.38. The number of ether oxygens (including phenoxy) is 1. The van der Waals surface area contributed by atoms with Crippen LogP contribution in [0, 0.1) is 0 Å². The van der Waals surface area contributed by atoms with Gasteiger partial charge in [0.15, 0.2) is 0 Å². The molecule has 1 aromatic heterocycles. The summed E-state index contributed by atoms with van der Waals surface area (Å²) in [5.74, 6) is 0.722. The Morgan fingerprint density at radius 3 is 2.89 bits per heavy atom. The van der Waals surface area contributed by atoms with Gasteiger partial charge in [-0.3, -0.25) is 9.78 Å². The van der Waals surface area contributed by atoms with E-state index in [1.807, 2.05) is 18.7 Å². The molecule has 104 valence electrons. The molecule has 4 nitrogen and oxygen atoms in total. The highest BCUT2D eigenvalue weighted by molar-refractivity contribution is 5.94. The van der Waals surface area contributed by atoms with Crippen molar-refractivity contribution >= 4 is 5.91 Å². The standard InChI is InChI=1S/C15H22N2O2/c1-11(2)19-14-8-13(9-16-10-14)15(18)17-7-5-4-6-12(17)3/h8-12H,4-7H2,1-3H3/t12-/m1/s1. The lowest BCUT2D eigenvalue weighted by atomic mass is 10.0. The highest BCUT2D eigenvalue weighted by atomic mass is 16.5. The van der Waals surface area contributed by atoms with Gasteiger partial charge in [-0.2, -0.15) is 0 Å². The molecule has 0 aromatic carbocycles. The van der Waals surface area contributed by atoms with E-state index in [4.69, 9.17) is 4.74 Å². The first kappa shape index (κ1) is 13.8. The molecule has 0 spiro atoms. The van der Waals surface area contributed by atoms with E-state index in [9.17, 15) is 4.79 Å². The Hall–Kier alpha value is -1.58. The number of rotatable bonds is 3. The summed E-state index contributed by atoms with van der Waals surface area (Å²) in [6, 6.07) is 2.10. The zero-order chi connectivity index (χ0) is 13.8. The summed E-state index contributed by atoms with van der Waals surface area (Å²) < 4.78 is 5.59. The molecule has 1 aromatic rings. The van der Waals surface area contributed by atoms with Crippen molar-refractivity contribution in [2.45, 2.75) is 52.2 Å². The molecule has 1 atom stereocenters. The molecule has 1 fully saturated rings. The van der Waals surface area contributed by atoms with E-state index in [2.05, 4.69) is 11.9 Å². The zero-order valence-electron chi connectivity index (χ0n) is 11.9. The van der Waals surface area contributed by atoms with Crippen LogP contribution in [0.25, 0.3) is 0 Å². The number of hydrogen-bond donors (Lipinski definition) is 0. The average molecular weight is 262 g/mol. The molecular weight excluding hydrogens is 240 g/mol. The van der Waals surface area contributed by atoms with Crippen LogP contribution in [-0.2, 0) is 0 Å². The summed E-state index contributed by atoms with van der Waals surface area (Å²) in [5, 5.41) is 0. The van der Waals surface area contributed by atoms with Crippen LogP contribution in [0.4, 0.5) is 0 Å². The van der Waals surface area contributed by atoms with Gasteiger partial charge < -0.3 is 9.64 Å². The number of carbonyl (C=O) groups excluding carboxylic acids is 1. The summed E-state index contributed by atoms with van der Waals surface area (Å²) in [6.45, 7) is 6.87. The van der Waals surface area contributed by atoms with Gasteiger partial charge >= 0.3 is 0 Å². The SMILES string of the molecule is CC(C)Oc1cncc(C(=O)N2CCCC[C@H]2C)c1. The fourth-order valence-corrected chi connectivity index (χ4v) is 2.44. The monoisotopic (exact) mass is 262 g/mol.